The molecule has 30 heavy (non-hydrogen) atoms. The molecule has 1 amide bonds. The van der Waals surface area contributed by atoms with E-state index >= 15 is 0 Å². The number of benzene rings is 2. The van der Waals surface area contributed by atoms with Crippen LogP contribution in [-0.4, -0.2) is 49.0 Å². The monoisotopic (exact) mass is 406 g/mol. The van der Waals surface area contributed by atoms with E-state index in [9.17, 15) is 9.18 Å². The lowest BCUT2D eigenvalue weighted by Gasteiger charge is -2.43. The molecule has 1 unspecified atom stereocenters. The van der Waals surface area contributed by atoms with Gasteiger partial charge in [0.25, 0.3) is 5.91 Å². The first-order valence-electron chi connectivity index (χ1n) is 10.8. The Morgan fingerprint density at radius 3 is 2.43 bits per heavy atom. The van der Waals surface area contributed by atoms with Gasteiger partial charge in [0.15, 0.2) is 5.76 Å². The number of nitrogens with zero attached hydrogens (tertiary/aromatic N) is 2. The summed E-state index contributed by atoms with van der Waals surface area (Å²) in [6.07, 6.45) is 3.00. The van der Waals surface area contributed by atoms with Crippen LogP contribution in [0.3, 0.4) is 0 Å². The van der Waals surface area contributed by atoms with Crippen LogP contribution in [0.4, 0.5) is 4.39 Å². The molecule has 0 aromatic heterocycles. The van der Waals surface area contributed by atoms with Gasteiger partial charge in [0.05, 0.1) is 13.2 Å². The number of amides is 1. The first-order chi connectivity index (χ1) is 14.7. The summed E-state index contributed by atoms with van der Waals surface area (Å²) in [5, 5.41) is 0. The number of hydrogen-bond acceptors (Lipinski definition) is 3. The Morgan fingerprint density at radius 2 is 1.77 bits per heavy atom. The predicted octanol–water partition coefficient (Wildman–Crippen LogP) is 3.93. The van der Waals surface area contributed by atoms with Crippen molar-refractivity contribution in [3.63, 3.8) is 0 Å². The Bertz CT molecular complexity index is 977. The third-order valence-electron chi connectivity index (χ3n) is 6.89. The van der Waals surface area contributed by atoms with Crippen molar-refractivity contribution in [1.82, 2.24) is 9.80 Å². The summed E-state index contributed by atoms with van der Waals surface area (Å²) in [7, 11) is 1.61. The third kappa shape index (κ3) is 3.31. The Morgan fingerprint density at radius 1 is 1.03 bits per heavy atom. The second-order valence-corrected chi connectivity index (χ2v) is 8.51. The van der Waals surface area contributed by atoms with Crippen LogP contribution in [0.15, 0.2) is 59.9 Å². The minimum Gasteiger partial charge on any atom is -0.491 e. The minimum atomic E-state index is -0.271. The third-order valence-corrected chi connectivity index (χ3v) is 6.89. The second-order valence-electron chi connectivity index (χ2n) is 8.51. The maximum Gasteiger partial charge on any atom is 0.289 e. The van der Waals surface area contributed by atoms with Gasteiger partial charge in [-0.05, 0) is 72.7 Å². The molecule has 0 spiro atoms. The number of halogens is 1. The fourth-order valence-corrected chi connectivity index (χ4v) is 5.34. The van der Waals surface area contributed by atoms with Crippen LogP contribution in [0.2, 0.25) is 0 Å². The predicted molar refractivity (Wildman–Crippen MR) is 113 cm³/mol. The van der Waals surface area contributed by atoms with Gasteiger partial charge >= 0.3 is 0 Å². The van der Waals surface area contributed by atoms with Crippen molar-refractivity contribution in [3.8, 4) is 0 Å². The summed E-state index contributed by atoms with van der Waals surface area (Å²) in [6.45, 7) is 3.65. The molecule has 4 heterocycles. The van der Waals surface area contributed by atoms with Gasteiger partial charge in [-0.2, -0.15) is 0 Å². The highest BCUT2D eigenvalue weighted by atomic mass is 19.1. The van der Waals surface area contributed by atoms with Crippen molar-refractivity contribution >= 4 is 5.91 Å². The number of ether oxygens (including phenoxy) is 1. The Balaban J connectivity index is 1.56. The van der Waals surface area contributed by atoms with E-state index in [1.165, 1.54) is 17.7 Å². The molecule has 3 fully saturated rings. The van der Waals surface area contributed by atoms with Gasteiger partial charge in [-0.25, -0.2) is 4.39 Å². The largest absolute Gasteiger partial charge is 0.491 e. The molecule has 3 saturated heterocycles. The Labute approximate surface area is 176 Å². The first-order valence-corrected chi connectivity index (χ1v) is 10.8. The summed E-state index contributed by atoms with van der Waals surface area (Å²) in [5.41, 5.74) is 4.42. The summed E-state index contributed by atoms with van der Waals surface area (Å²) >= 11 is 0. The molecule has 2 aromatic rings. The zero-order valence-corrected chi connectivity index (χ0v) is 17.3. The van der Waals surface area contributed by atoms with Crippen LogP contribution in [-0.2, 0) is 16.0 Å². The van der Waals surface area contributed by atoms with Crippen LogP contribution in [0.5, 0.6) is 0 Å². The first kappa shape index (κ1) is 19.3. The molecule has 0 saturated carbocycles. The number of hydrogen-bond donors (Lipinski definition) is 0. The number of carbonyl (C=O) groups is 1. The molecule has 5 heteroatoms. The van der Waals surface area contributed by atoms with Gasteiger partial charge in [-0.1, -0.05) is 36.4 Å². The number of carbonyl (C=O) groups excluding carboxylic acids is 1. The van der Waals surface area contributed by atoms with Crippen LogP contribution in [0.25, 0.3) is 0 Å². The van der Waals surface area contributed by atoms with Gasteiger partial charge in [-0.15, -0.1) is 0 Å². The minimum absolute atomic E-state index is 0.0509. The second kappa shape index (κ2) is 7.88. The summed E-state index contributed by atoms with van der Waals surface area (Å²) in [5.74, 6) is 0.629. The van der Waals surface area contributed by atoms with E-state index in [4.69, 9.17) is 4.74 Å². The van der Waals surface area contributed by atoms with Crippen molar-refractivity contribution in [1.29, 1.82) is 0 Å². The van der Waals surface area contributed by atoms with Gasteiger partial charge in [0.2, 0.25) is 0 Å². The summed E-state index contributed by atoms with van der Waals surface area (Å²) < 4.78 is 19.4. The highest BCUT2D eigenvalue weighted by Gasteiger charge is 2.38. The van der Waals surface area contributed by atoms with Crippen molar-refractivity contribution < 1.29 is 13.9 Å². The molecule has 0 aliphatic carbocycles. The van der Waals surface area contributed by atoms with E-state index in [2.05, 4.69) is 17.0 Å². The van der Waals surface area contributed by atoms with Gasteiger partial charge in [0, 0.05) is 13.1 Å². The van der Waals surface area contributed by atoms with Crippen molar-refractivity contribution in [3.05, 3.63) is 82.4 Å². The average Bonchev–Trinajstić information content (AvgIpc) is 2.80. The molecule has 2 bridgehead atoms. The normalized spacial score (nSPS) is 26.9. The standard InChI is InChI=1S/C25H27FN2O2/c1-30-24(22-16-27-13-10-18(22)11-14-27)25(29)28-15-12-17-4-2-3-5-21(17)23(28)19-6-8-20(26)9-7-19/h2-9,18,23H,10-16H2,1H3/b24-22-. The molecule has 4 nitrogen and oxygen atoms in total. The Hall–Kier alpha value is -2.66. The lowest BCUT2D eigenvalue weighted by molar-refractivity contribution is -0.132. The fraction of sp³-hybridized carbons (Fsp3) is 0.400. The maximum absolute atomic E-state index is 13.8. The molecule has 4 aliphatic heterocycles. The molecule has 2 aromatic carbocycles. The lowest BCUT2D eigenvalue weighted by Crippen LogP contribution is -2.46. The number of fused-ring (bicyclic) bond motifs is 4. The summed E-state index contributed by atoms with van der Waals surface area (Å²) in [4.78, 5) is 18.1. The fourth-order valence-electron chi connectivity index (χ4n) is 5.34. The van der Waals surface area contributed by atoms with Gasteiger partial charge in [-0.3, -0.25) is 9.69 Å². The number of piperidine rings is 3. The van der Waals surface area contributed by atoms with E-state index in [1.54, 1.807) is 19.2 Å². The van der Waals surface area contributed by atoms with E-state index in [0.29, 0.717) is 18.2 Å². The molecule has 156 valence electrons. The highest BCUT2D eigenvalue weighted by Crippen LogP contribution is 2.39. The molecule has 0 radical (unpaired) electrons. The number of methoxy groups -OCH3 is 1. The van der Waals surface area contributed by atoms with Crippen molar-refractivity contribution in [2.75, 3.05) is 33.3 Å². The molecule has 4 aliphatic rings. The van der Waals surface area contributed by atoms with Crippen molar-refractivity contribution in [2.24, 2.45) is 5.92 Å². The summed E-state index contributed by atoms with van der Waals surface area (Å²) in [6, 6.07) is 14.5. The van der Waals surface area contributed by atoms with Crippen LogP contribution in [0.1, 0.15) is 35.6 Å². The topological polar surface area (TPSA) is 32.8 Å². The van der Waals surface area contributed by atoms with E-state index in [-0.39, 0.29) is 17.8 Å². The van der Waals surface area contributed by atoms with Crippen molar-refractivity contribution in [2.45, 2.75) is 25.3 Å². The van der Waals surface area contributed by atoms with Gasteiger partial charge in [0.1, 0.15) is 5.82 Å². The van der Waals surface area contributed by atoms with E-state index in [0.717, 1.165) is 55.6 Å². The average molecular weight is 407 g/mol. The highest BCUT2D eigenvalue weighted by molar-refractivity contribution is 5.93. The number of rotatable bonds is 3. The van der Waals surface area contributed by atoms with Crippen LogP contribution in [0, 0.1) is 11.7 Å². The molecular formula is C25H27FN2O2. The molecular weight excluding hydrogens is 379 g/mol. The van der Waals surface area contributed by atoms with Gasteiger partial charge < -0.3 is 9.64 Å². The van der Waals surface area contributed by atoms with E-state index in [1.807, 2.05) is 17.0 Å². The van der Waals surface area contributed by atoms with E-state index < -0.39 is 0 Å². The Kier molecular flexibility index (Phi) is 5.07. The molecule has 6 rings (SSSR count). The zero-order valence-electron chi connectivity index (χ0n) is 17.3. The quantitative estimate of drug-likeness (QED) is 0.572. The van der Waals surface area contributed by atoms with Crippen LogP contribution < -0.4 is 0 Å². The zero-order chi connectivity index (χ0) is 20.7. The lowest BCUT2D eigenvalue weighted by atomic mass is 9.82. The molecule has 0 N–H and O–H groups in total. The molecule has 1 atom stereocenters. The smallest absolute Gasteiger partial charge is 0.289 e. The SMILES string of the molecule is CO/C(C(=O)N1CCc2ccccc2C1c1ccc(F)cc1)=C1/CN2CCC1CC2. The maximum atomic E-state index is 13.8. The van der Waals surface area contributed by atoms with Crippen LogP contribution >= 0.6 is 0 Å².